The van der Waals surface area contributed by atoms with Gasteiger partial charge in [-0.1, -0.05) is 24.3 Å². The average molecular weight is 350 g/mol. The van der Waals surface area contributed by atoms with Gasteiger partial charge in [-0.05, 0) is 29.8 Å². The van der Waals surface area contributed by atoms with E-state index in [0.29, 0.717) is 11.4 Å². The van der Waals surface area contributed by atoms with Crippen LogP contribution in [0.2, 0.25) is 0 Å². The van der Waals surface area contributed by atoms with Crippen molar-refractivity contribution in [2.45, 2.75) is 0 Å². The molecule has 0 aliphatic rings. The second-order valence-corrected chi connectivity index (χ2v) is 6.04. The number of anilines is 1. The highest BCUT2D eigenvalue weighted by atomic mass is 16.4. The molecule has 6 heteroatoms. The Hall–Kier alpha value is -3.54. The number of aromatic nitrogens is 1. The van der Waals surface area contributed by atoms with E-state index in [4.69, 9.17) is 0 Å². The number of benzene rings is 2. The van der Waals surface area contributed by atoms with E-state index >= 15 is 0 Å². The lowest BCUT2D eigenvalue weighted by Crippen LogP contribution is -2.18. The summed E-state index contributed by atoms with van der Waals surface area (Å²) in [6.45, 7) is 0. The molecule has 0 fully saturated rings. The summed E-state index contributed by atoms with van der Waals surface area (Å²) in [6.07, 6.45) is 1.24. The molecule has 3 aromatic rings. The van der Waals surface area contributed by atoms with Crippen LogP contribution in [0.3, 0.4) is 0 Å². The van der Waals surface area contributed by atoms with Crippen molar-refractivity contribution in [3.63, 3.8) is 0 Å². The van der Waals surface area contributed by atoms with Crippen LogP contribution in [0.5, 0.6) is 5.75 Å². The predicted molar refractivity (Wildman–Crippen MR) is 100 cm³/mol. The lowest BCUT2D eigenvalue weighted by atomic mass is 10.1. The van der Waals surface area contributed by atoms with Crippen LogP contribution in [-0.2, 0) is 0 Å². The van der Waals surface area contributed by atoms with Gasteiger partial charge in [0.1, 0.15) is 11.3 Å². The molecule has 3 rings (SSSR count). The van der Waals surface area contributed by atoms with E-state index in [2.05, 4.69) is 0 Å². The van der Waals surface area contributed by atoms with Gasteiger partial charge in [-0.15, -0.1) is 0 Å². The fourth-order valence-electron chi connectivity index (χ4n) is 2.71. The first-order valence-electron chi connectivity index (χ1n) is 7.94. The number of hydrogen-bond donors (Lipinski definition) is 2. The van der Waals surface area contributed by atoms with E-state index in [1.807, 2.05) is 43.3 Å². The van der Waals surface area contributed by atoms with Gasteiger partial charge < -0.3 is 19.7 Å². The van der Waals surface area contributed by atoms with Crippen LogP contribution in [0.1, 0.15) is 10.4 Å². The number of para-hydroxylation sites is 2. The summed E-state index contributed by atoms with van der Waals surface area (Å²) in [7, 11) is 3.85. The molecule has 1 heterocycles. The van der Waals surface area contributed by atoms with Gasteiger partial charge in [0.2, 0.25) is 0 Å². The Morgan fingerprint density at radius 3 is 2.27 bits per heavy atom. The van der Waals surface area contributed by atoms with Gasteiger partial charge >= 0.3 is 5.97 Å². The molecule has 2 aromatic carbocycles. The van der Waals surface area contributed by atoms with Crippen LogP contribution in [0.15, 0.2) is 65.6 Å². The lowest BCUT2D eigenvalue weighted by molar-refractivity contribution is 0.0695. The molecule has 6 nitrogen and oxygen atoms in total. The van der Waals surface area contributed by atoms with Gasteiger partial charge in [0.25, 0.3) is 0 Å². The van der Waals surface area contributed by atoms with Crippen molar-refractivity contribution < 1.29 is 15.0 Å². The van der Waals surface area contributed by atoms with Crippen molar-refractivity contribution in [3.05, 3.63) is 76.6 Å². The summed E-state index contributed by atoms with van der Waals surface area (Å²) < 4.78 is 1.52. The second kappa shape index (κ2) is 6.76. The molecule has 0 aliphatic carbocycles. The molecule has 0 unspecified atom stereocenters. The van der Waals surface area contributed by atoms with Crippen molar-refractivity contribution in [1.82, 2.24) is 4.57 Å². The van der Waals surface area contributed by atoms with Crippen molar-refractivity contribution in [3.8, 4) is 22.7 Å². The molecule has 0 bridgehead atoms. The number of aromatic hydroxyl groups is 1. The highest BCUT2D eigenvalue weighted by molar-refractivity contribution is 5.88. The van der Waals surface area contributed by atoms with Crippen molar-refractivity contribution >= 4 is 11.7 Å². The van der Waals surface area contributed by atoms with Crippen LogP contribution in [0.25, 0.3) is 16.9 Å². The largest absolute Gasteiger partial charge is 0.506 e. The molecule has 0 saturated carbocycles. The number of hydrogen-bond acceptors (Lipinski definition) is 4. The first kappa shape index (κ1) is 17.3. The summed E-state index contributed by atoms with van der Waals surface area (Å²) in [5, 5.41) is 19.5. The topological polar surface area (TPSA) is 82.8 Å². The molecule has 0 aliphatic heterocycles. The zero-order valence-corrected chi connectivity index (χ0v) is 14.4. The van der Waals surface area contributed by atoms with Gasteiger partial charge in [-0.2, -0.15) is 0 Å². The molecule has 132 valence electrons. The standard InChI is InChI=1S/C20H18N2O4/c1-21(2)14-9-7-13(8-10-14)17-11-19(24)15(20(25)26)12-22(17)16-5-3-4-6-18(16)23/h3-12,23H,1-2H3,(H,25,26). The fraction of sp³-hybridized carbons (Fsp3) is 0.100. The maximum Gasteiger partial charge on any atom is 0.341 e. The molecule has 0 spiro atoms. The summed E-state index contributed by atoms with van der Waals surface area (Å²) in [5.41, 5.74) is 1.66. The number of carboxylic acids is 1. The third-order valence-corrected chi connectivity index (χ3v) is 4.10. The molecule has 0 amide bonds. The normalized spacial score (nSPS) is 10.5. The number of rotatable bonds is 4. The maximum atomic E-state index is 12.2. The Bertz CT molecular complexity index is 1020. The Morgan fingerprint density at radius 1 is 1.04 bits per heavy atom. The Labute approximate surface area is 150 Å². The molecular formula is C20H18N2O4. The SMILES string of the molecule is CN(C)c1ccc(-c2cc(=O)c(C(=O)O)cn2-c2ccccc2O)cc1. The molecule has 2 N–H and O–H groups in total. The predicted octanol–water partition coefficient (Wildman–Crippen LogP) is 2.97. The number of phenols is 1. The first-order valence-corrected chi connectivity index (χ1v) is 7.94. The average Bonchev–Trinajstić information content (AvgIpc) is 2.62. The van der Waals surface area contributed by atoms with E-state index in [1.54, 1.807) is 18.2 Å². The maximum absolute atomic E-state index is 12.2. The van der Waals surface area contributed by atoms with Crippen LogP contribution in [0.4, 0.5) is 5.69 Å². The fourth-order valence-corrected chi connectivity index (χ4v) is 2.71. The Balaban J connectivity index is 2.27. The highest BCUT2D eigenvalue weighted by Gasteiger charge is 2.16. The molecular weight excluding hydrogens is 332 g/mol. The van der Waals surface area contributed by atoms with E-state index in [9.17, 15) is 19.8 Å². The van der Waals surface area contributed by atoms with Crippen molar-refractivity contribution in [2.24, 2.45) is 0 Å². The van der Waals surface area contributed by atoms with Gasteiger partial charge in [0.15, 0.2) is 5.43 Å². The van der Waals surface area contributed by atoms with E-state index in [-0.39, 0.29) is 11.3 Å². The quantitative estimate of drug-likeness (QED) is 0.756. The summed E-state index contributed by atoms with van der Waals surface area (Å²) >= 11 is 0. The Kier molecular flexibility index (Phi) is 4.49. The van der Waals surface area contributed by atoms with E-state index in [0.717, 1.165) is 11.3 Å². The van der Waals surface area contributed by atoms with Gasteiger partial charge in [0, 0.05) is 32.0 Å². The van der Waals surface area contributed by atoms with Gasteiger partial charge in [-0.3, -0.25) is 4.79 Å². The molecule has 26 heavy (non-hydrogen) atoms. The summed E-state index contributed by atoms with van der Waals surface area (Å²) in [5.74, 6) is -1.33. The van der Waals surface area contributed by atoms with Crippen LogP contribution in [0, 0.1) is 0 Å². The lowest BCUT2D eigenvalue weighted by Gasteiger charge is -2.17. The van der Waals surface area contributed by atoms with E-state index in [1.165, 1.54) is 22.9 Å². The van der Waals surface area contributed by atoms with Crippen LogP contribution in [-0.4, -0.2) is 34.8 Å². The molecule has 0 radical (unpaired) electrons. The zero-order valence-electron chi connectivity index (χ0n) is 14.4. The zero-order chi connectivity index (χ0) is 18.8. The minimum absolute atomic E-state index is 0.0151. The minimum atomic E-state index is -1.31. The van der Waals surface area contributed by atoms with Crippen LogP contribution >= 0.6 is 0 Å². The number of carboxylic acid groups (broad SMARTS) is 1. The monoisotopic (exact) mass is 350 g/mol. The van der Waals surface area contributed by atoms with Crippen molar-refractivity contribution in [2.75, 3.05) is 19.0 Å². The van der Waals surface area contributed by atoms with E-state index < -0.39 is 11.4 Å². The molecule has 0 saturated heterocycles. The second-order valence-electron chi connectivity index (χ2n) is 6.04. The number of nitrogens with zero attached hydrogens (tertiary/aromatic N) is 2. The Morgan fingerprint density at radius 2 is 1.69 bits per heavy atom. The number of phenolic OH excluding ortho intramolecular Hbond substituents is 1. The molecule has 1 aromatic heterocycles. The van der Waals surface area contributed by atoms with Gasteiger partial charge in [0.05, 0.1) is 11.4 Å². The number of pyridine rings is 1. The van der Waals surface area contributed by atoms with Gasteiger partial charge in [-0.25, -0.2) is 4.79 Å². The third-order valence-electron chi connectivity index (χ3n) is 4.10. The number of carbonyl (C=O) groups is 1. The smallest absolute Gasteiger partial charge is 0.341 e. The first-order chi connectivity index (χ1) is 12.4. The van der Waals surface area contributed by atoms with Crippen molar-refractivity contribution in [1.29, 1.82) is 0 Å². The minimum Gasteiger partial charge on any atom is -0.506 e. The number of aromatic carboxylic acids is 1. The highest BCUT2D eigenvalue weighted by Crippen LogP contribution is 2.28. The summed E-state index contributed by atoms with van der Waals surface area (Å²) in [6, 6.07) is 15.3. The van der Waals surface area contributed by atoms with Crippen LogP contribution < -0.4 is 10.3 Å². The summed E-state index contributed by atoms with van der Waals surface area (Å²) in [4.78, 5) is 25.6. The third kappa shape index (κ3) is 3.17. The molecule has 0 atom stereocenters.